The molecule has 0 fully saturated rings. The predicted molar refractivity (Wildman–Crippen MR) is 87.2 cm³/mol. The van der Waals surface area contributed by atoms with Crippen molar-refractivity contribution in [2.24, 2.45) is 0 Å². The lowest BCUT2D eigenvalue weighted by Crippen LogP contribution is -2.11. The van der Waals surface area contributed by atoms with E-state index in [2.05, 4.69) is 9.97 Å². The minimum Gasteiger partial charge on any atom is -0.478 e. The van der Waals surface area contributed by atoms with Gasteiger partial charge in [0.2, 0.25) is 0 Å². The van der Waals surface area contributed by atoms with Crippen molar-refractivity contribution in [1.29, 1.82) is 0 Å². The molecule has 0 spiro atoms. The van der Waals surface area contributed by atoms with Crippen molar-refractivity contribution >= 4 is 33.7 Å². The zero-order valence-electron chi connectivity index (χ0n) is 13.3. The molecule has 0 unspecified atom stereocenters. The van der Waals surface area contributed by atoms with Gasteiger partial charge in [-0.1, -0.05) is 0 Å². The molecule has 0 saturated carbocycles. The molecule has 0 aliphatic heterocycles. The number of fused-ring (bicyclic) bond motifs is 3. The number of rotatable bonds is 5. The van der Waals surface area contributed by atoms with Gasteiger partial charge >= 0.3 is 11.9 Å². The molecule has 7 heteroatoms. The normalized spacial score (nSPS) is 11.1. The summed E-state index contributed by atoms with van der Waals surface area (Å²) in [6.45, 7) is 2.11. The number of aromatic carboxylic acids is 1. The highest BCUT2D eigenvalue weighted by atomic mass is 16.5. The number of esters is 1. The van der Waals surface area contributed by atoms with Gasteiger partial charge in [-0.3, -0.25) is 0 Å². The van der Waals surface area contributed by atoms with E-state index in [1.165, 1.54) is 13.2 Å². The van der Waals surface area contributed by atoms with Gasteiger partial charge in [-0.15, -0.1) is 0 Å². The van der Waals surface area contributed by atoms with Crippen LogP contribution in [0.25, 0.3) is 21.8 Å². The van der Waals surface area contributed by atoms with Crippen molar-refractivity contribution in [1.82, 2.24) is 9.97 Å². The number of nitrogens with zero attached hydrogens (tertiary/aromatic N) is 1. The van der Waals surface area contributed by atoms with Crippen molar-refractivity contribution in [2.75, 3.05) is 13.7 Å². The molecular formula is C17H16N2O5. The molecule has 0 bridgehead atoms. The Morgan fingerprint density at radius 2 is 2.08 bits per heavy atom. The topological polar surface area (TPSA) is 102 Å². The fourth-order valence-corrected chi connectivity index (χ4v) is 2.75. The number of carbonyl (C=O) groups excluding carboxylic acids is 1. The molecule has 24 heavy (non-hydrogen) atoms. The summed E-state index contributed by atoms with van der Waals surface area (Å²) in [6, 6.07) is 4.79. The molecule has 3 rings (SSSR count). The summed E-state index contributed by atoms with van der Waals surface area (Å²) < 4.78 is 10.3. The lowest BCUT2D eigenvalue weighted by atomic mass is 10.0. The van der Waals surface area contributed by atoms with Gasteiger partial charge in [-0.05, 0) is 25.1 Å². The highest BCUT2D eigenvalue weighted by molar-refractivity contribution is 6.12. The minimum atomic E-state index is -1.01. The Morgan fingerprint density at radius 3 is 2.75 bits per heavy atom. The van der Waals surface area contributed by atoms with Crippen LogP contribution in [0.5, 0.6) is 0 Å². The number of aromatic amines is 1. The molecule has 2 aromatic heterocycles. The van der Waals surface area contributed by atoms with Gasteiger partial charge in [-0.25, -0.2) is 14.6 Å². The van der Waals surface area contributed by atoms with Gasteiger partial charge in [0.25, 0.3) is 0 Å². The maximum atomic E-state index is 12.2. The first-order valence-corrected chi connectivity index (χ1v) is 7.39. The quantitative estimate of drug-likeness (QED) is 0.698. The molecule has 0 aliphatic rings. The number of aromatic nitrogens is 2. The molecule has 0 atom stereocenters. The summed E-state index contributed by atoms with van der Waals surface area (Å²) in [4.78, 5) is 30.8. The Morgan fingerprint density at radius 1 is 1.29 bits per heavy atom. The number of methoxy groups -OCH3 is 1. The maximum Gasteiger partial charge on any atom is 0.357 e. The summed E-state index contributed by atoms with van der Waals surface area (Å²) in [5.74, 6) is -1.55. The molecule has 0 radical (unpaired) electrons. The Kier molecular flexibility index (Phi) is 4.18. The zero-order valence-corrected chi connectivity index (χ0v) is 13.3. The third-order valence-corrected chi connectivity index (χ3v) is 3.74. The molecule has 3 aromatic rings. The third kappa shape index (κ3) is 2.59. The van der Waals surface area contributed by atoms with Gasteiger partial charge in [0.05, 0.1) is 30.5 Å². The fraction of sp³-hybridized carbons (Fsp3) is 0.235. The summed E-state index contributed by atoms with van der Waals surface area (Å²) in [7, 11) is 1.52. The van der Waals surface area contributed by atoms with Crippen LogP contribution >= 0.6 is 0 Å². The van der Waals surface area contributed by atoms with Gasteiger partial charge in [0, 0.05) is 29.0 Å². The second kappa shape index (κ2) is 6.29. The number of benzene rings is 1. The molecule has 0 amide bonds. The number of carbonyl (C=O) groups is 2. The van der Waals surface area contributed by atoms with Crippen LogP contribution in [0.3, 0.4) is 0 Å². The number of ether oxygens (including phenoxy) is 2. The average Bonchev–Trinajstić information content (AvgIpc) is 2.93. The number of hydrogen-bond donors (Lipinski definition) is 2. The van der Waals surface area contributed by atoms with E-state index in [9.17, 15) is 14.7 Å². The van der Waals surface area contributed by atoms with E-state index in [1.54, 1.807) is 25.3 Å². The van der Waals surface area contributed by atoms with E-state index in [0.717, 1.165) is 5.52 Å². The predicted octanol–water partition coefficient (Wildman–Crippen LogP) is 2.74. The Balaban J connectivity index is 2.34. The molecular weight excluding hydrogens is 312 g/mol. The number of hydrogen-bond acceptors (Lipinski definition) is 5. The van der Waals surface area contributed by atoms with Crippen LogP contribution in [0, 0.1) is 0 Å². The molecule has 1 aromatic carbocycles. The van der Waals surface area contributed by atoms with Gasteiger partial charge in [0.1, 0.15) is 0 Å². The largest absolute Gasteiger partial charge is 0.478 e. The summed E-state index contributed by atoms with van der Waals surface area (Å²) >= 11 is 0. The lowest BCUT2D eigenvalue weighted by Gasteiger charge is -2.09. The SMILES string of the molecule is CCOC(=O)c1ncc2[nH]c3ccc(C(=O)O)cc3c2c1COC. The van der Waals surface area contributed by atoms with E-state index in [-0.39, 0.29) is 24.5 Å². The van der Waals surface area contributed by atoms with Crippen LogP contribution < -0.4 is 0 Å². The molecule has 124 valence electrons. The highest BCUT2D eigenvalue weighted by Gasteiger charge is 2.20. The second-order valence-electron chi connectivity index (χ2n) is 5.22. The van der Waals surface area contributed by atoms with E-state index in [4.69, 9.17) is 9.47 Å². The third-order valence-electron chi connectivity index (χ3n) is 3.74. The van der Waals surface area contributed by atoms with Crippen LogP contribution in [-0.4, -0.2) is 40.7 Å². The first kappa shape index (κ1) is 15.9. The number of nitrogens with one attached hydrogen (secondary N) is 1. The van der Waals surface area contributed by atoms with E-state index in [0.29, 0.717) is 21.9 Å². The van der Waals surface area contributed by atoms with Crippen molar-refractivity contribution in [2.45, 2.75) is 13.5 Å². The molecule has 2 heterocycles. The number of H-pyrrole nitrogens is 1. The summed E-state index contributed by atoms with van der Waals surface area (Å²) in [5, 5.41) is 10.6. The number of carboxylic acid groups (broad SMARTS) is 1. The number of carboxylic acids is 1. The minimum absolute atomic E-state index is 0.155. The fourth-order valence-electron chi connectivity index (χ4n) is 2.75. The van der Waals surface area contributed by atoms with Gasteiger partial charge in [0.15, 0.2) is 5.69 Å². The van der Waals surface area contributed by atoms with E-state index < -0.39 is 11.9 Å². The lowest BCUT2D eigenvalue weighted by molar-refractivity contribution is 0.0514. The monoisotopic (exact) mass is 328 g/mol. The maximum absolute atomic E-state index is 12.2. The van der Waals surface area contributed by atoms with E-state index in [1.807, 2.05) is 0 Å². The molecule has 2 N–H and O–H groups in total. The average molecular weight is 328 g/mol. The van der Waals surface area contributed by atoms with Crippen molar-refractivity contribution in [3.8, 4) is 0 Å². The van der Waals surface area contributed by atoms with Crippen LogP contribution in [0.15, 0.2) is 24.4 Å². The molecule has 0 saturated heterocycles. The summed E-state index contributed by atoms with van der Waals surface area (Å²) in [6.07, 6.45) is 1.54. The van der Waals surface area contributed by atoms with E-state index >= 15 is 0 Å². The molecule has 7 nitrogen and oxygen atoms in total. The second-order valence-corrected chi connectivity index (χ2v) is 5.22. The van der Waals surface area contributed by atoms with Crippen LogP contribution in [0.4, 0.5) is 0 Å². The Labute approximate surface area is 137 Å². The number of pyridine rings is 1. The van der Waals surface area contributed by atoms with Gasteiger partial charge in [-0.2, -0.15) is 0 Å². The smallest absolute Gasteiger partial charge is 0.357 e. The zero-order chi connectivity index (χ0) is 17.3. The van der Waals surface area contributed by atoms with Crippen molar-refractivity contribution in [3.05, 3.63) is 41.2 Å². The first-order chi connectivity index (χ1) is 11.6. The first-order valence-electron chi connectivity index (χ1n) is 7.39. The Bertz CT molecular complexity index is 945. The standard InChI is InChI=1S/C17H16N2O5/c1-3-24-17(22)15-11(8-23-2)14-10-6-9(16(20)21)4-5-12(10)19-13(14)7-18-15/h4-7,19H,3,8H2,1-2H3,(H,20,21). The van der Waals surface area contributed by atoms with Crippen molar-refractivity contribution < 1.29 is 24.2 Å². The van der Waals surface area contributed by atoms with Gasteiger partial charge < -0.3 is 19.6 Å². The van der Waals surface area contributed by atoms with Crippen LogP contribution in [0.2, 0.25) is 0 Å². The molecule has 0 aliphatic carbocycles. The van der Waals surface area contributed by atoms with Crippen LogP contribution in [-0.2, 0) is 16.1 Å². The van der Waals surface area contributed by atoms with Crippen molar-refractivity contribution in [3.63, 3.8) is 0 Å². The van der Waals surface area contributed by atoms with Crippen LogP contribution in [0.1, 0.15) is 33.3 Å². The highest BCUT2D eigenvalue weighted by Crippen LogP contribution is 2.31. The summed E-state index contributed by atoms with van der Waals surface area (Å²) in [5.41, 5.74) is 2.37. The Hall–Kier alpha value is -2.93.